The summed E-state index contributed by atoms with van der Waals surface area (Å²) in [5, 5.41) is 4.60. The van der Waals surface area contributed by atoms with Crippen molar-refractivity contribution >= 4 is 10.9 Å². The average Bonchev–Trinajstić information content (AvgIpc) is 2.85. The van der Waals surface area contributed by atoms with E-state index in [0.717, 1.165) is 35.6 Å². The van der Waals surface area contributed by atoms with E-state index in [9.17, 15) is 4.79 Å². The fourth-order valence-electron chi connectivity index (χ4n) is 2.63. The molecule has 0 radical (unpaired) electrons. The molecule has 0 fully saturated rings. The summed E-state index contributed by atoms with van der Waals surface area (Å²) >= 11 is 0. The molecule has 0 aliphatic heterocycles. The van der Waals surface area contributed by atoms with E-state index in [1.165, 1.54) is 0 Å². The van der Waals surface area contributed by atoms with Crippen molar-refractivity contribution in [3.63, 3.8) is 0 Å². The van der Waals surface area contributed by atoms with Crippen LogP contribution >= 0.6 is 0 Å². The van der Waals surface area contributed by atoms with Crippen molar-refractivity contribution in [2.45, 2.75) is 26.8 Å². The highest BCUT2D eigenvalue weighted by Crippen LogP contribution is 2.14. The molecule has 6 heteroatoms. The number of hydrogen-bond acceptors (Lipinski definition) is 5. The number of benzene rings is 1. The summed E-state index contributed by atoms with van der Waals surface area (Å²) in [5.74, 6) is 1.56. The molecule has 2 aromatic heterocycles. The molecule has 0 amide bonds. The quantitative estimate of drug-likeness (QED) is 0.781. The maximum atomic E-state index is 12.1. The van der Waals surface area contributed by atoms with Crippen LogP contribution in [0.2, 0.25) is 0 Å². The highest BCUT2D eigenvalue weighted by atomic mass is 16.5. The zero-order valence-corrected chi connectivity index (χ0v) is 13.6. The van der Waals surface area contributed by atoms with Crippen LogP contribution < -0.4 is 5.56 Å². The van der Waals surface area contributed by atoms with Crippen molar-refractivity contribution in [2.24, 2.45) is 0 Å². The molecule has 0 unspecified atom stereocenters. The lowest BCUT2D eigenvalue weighted by Gasteiger charge is -2.16. The van der Waals surface area contributed by atoms with E-state index in [1.807, 2.05) is 39.1 Å². The van der Waals surface area contributed by atoms with Gasteiger partial charge in [0.15, 0.2) is 0 Å². The molecule has 1 N–H and O–H groups in total. The maximum absolute atomic E-state index is 12.1. The molecular weight excluding hydrogens is 292 g/mol. The number of fused-ring (bicyclic) bond motifs is 1. The number of rotatable bonds is 5. The summed E-state index contributed by atoms with van der Waals surface area (Å²) in [6, 6.07) is 7.38. The van der Waals surface area contributed by atoms with E-state index < -0.39 is 0 Å². The highest BCUT2D eigenvalue weighted by molar-refractivity contribution is 5.77. The molecule has 1 aromatic carbocycles. The molecule has 0 atom stereocenters. The molecule has 120 valence electrons. The van der Waals surface area contributed by atoms with Gasteiger partial charge in [0.05, 0.1) is 16.6 Å². The Bertz CT molecular complexity index is 862. The Labute approximate surface area is 134 Å². The normalized spacial score (nSPS) is 11.5. The number of aromatic amines is 1. The lowest BCUT2D eigenvalue weighted by atomic mass is 10.2. The third-order valence-corrected chi connectivity index (χ3v) is 4.00. The van der Waals surface area contributed by atoms with Gasteiger partial charge in [0.1, 0.15) is 11.6 Å². The minimum absolute atomic E-state index is 0.0843. The first-order valence-electron chi connectivity index (χ1n) is 7.63. The van der Waals surface area contributed by atoms with Crippen LogP contribution in [0.1, 0.15) is 22.8 Å². The van der Waals surface area contributed by atoms with E-state index in [-0.39, 0.29) is 5.56 Å². The lowest BCUT2D eigenvalue weighted by molar-refractivity contribution is 0.324. The van der Waals surface area contributed by atoms with Gasteiger partial charge in [-0.25, -0.2) is 4.98 Å². The van der Waals surface area contributed by atoms with Crippen LogP contribution in [0, 0.1) is 13.8 Å². The van der Waals surface area contributed by atoms with Gasteiger partial charge in [-0.3, -0.25) is 4.79 Å². The third kappa shape index (κ3) is 3.32. The molecule has 6 nitrogen and oxygen atoms in total. The maximum Gasteiger partial charge on any atom is 0.258 e. The number of para-hydroxylation sites is 1. The van der Waals surface area contributed by atoms with Crippen molar-refractivity contribution in [1.29, 1.82) is 0 Å². The van der Waals surface area contributed by atoms with Gasteiger partial charge >= 0.3 is 0 Å². The Balaban J connectivity index is 1.69. The molecule has 0 bridgehead atoms. The summed E-state index contributed by atoms with van der Waals surface area (Å²) in [6.45, 7) is 5.41. The van der Waals surface area contributed by atoms with Gasteiger partial charge in [-0.1, -0.05) is 17.3 Å². The smallest absolute Gasteiger partial charge is 0.258 e. The number of hydrogen-bond donors (Lipinski definition) is 1. The predicted molar refractivity (Wildman–Crippen MR) is 88.4 cm³/mol. The Morgan fingerprint density at radius 3 is 2.78 bits per heavy atom. The van der Waals surface area contributed by atoms with E-state index in [2.05, 4.69) is 20.0 Å². The Morgan fingerprint density at radius 1 is 1.26 bits per heavy atom. The van der Waals surface area contributed by atoms with Crippen LogP contribution in [0.15, 0.2) is 33.6 Å². The van der Waals surface area contributed by atoms with E-state index >= 15 is 0 Å². The molecular formula is C17H20N4O2. The molecule has 0 saturated heterocycles. The zero-order chi connectivity index (χ0) is 16.4. The second-order valence-corrected chi connectivity index (χ2v) is 5.82. The van der Waals surface area contributed by atoms with Crippen LogP contribution in [-0.4, -0.2) is 33.6 Å². The summed E-state index contributed by atoms with van der Waals surface area (Å²) < 4.78 is 5.19. The molecule has 3 aromatic rings. The second-order valence-electron chi connectivity index (χ2n) is 5.82. The van der Waals surface area contributed by atoms with E-state index in [4.69, 9.17) is 4.52 Å². The minimum atomic E-state index is -0.0843. The zero-order valence-electron chi connectivity index (χ0n) is 13.6. The van der Waals surface area contributed by atoms with Crippen LogP contribution in [0.3, 0.4) is 0 Å². The first kappa shape index (κ1) is 15.4. The predicted octanol–water partition coefficient (Wildman–Crippen LogP) is 2.20. The second kappa shape index (κ2) is 6.34. The fourth-order valence-corrected chi connectivity index (χ4v) is 2.63. The minimum Gasteiger partial charge on any atom is -0.361 e. The molecule has 0 spiro atoms. The summed E-state index contributed by atoms with van der Waals surface area (Å²) in [5.41, 5.74) is 2.69. The van der Waals surface area contributed by atoms with E-state index in [1.54, 1.807) is 6.07 Å². The first-order chi connectivity index (χ1) is 11.0. The molecule has 23 heavy (non-hydrogen) atoms. The van der Waals surface area contributed by atoms with Gasteiger partial charge in [0.25, 0.3) is 5.56 Å². The molecule has 3 rings (SSSR count). The number of likely N-dealkylation sites (N-methyl/N-ethyl adjacent to an activating group) is 1. The molecule has 0 saturated carbocycles. The topological polar surface area (TPSA) is 75.0 Å². The van der Waals surface area contributed by atoms with Gasteiger partial charge in [0, 0.05) is 25.1 Å². The van der Waals surface area contributed by atoms with Gasteiger partial charge in [-0.15, -0.1) is 0 Å². The molecule has 2 heterocycles. The van der Waals surface area contributed by atoms with Crippen LogP contribution in [0.4, 0.5) is 0 Å². The number of aryl methyl sites for hydroxylation is 2. The molecule has 0 aliphatic rings. The lowest BCUT2D eigenvalue weighted by Crippen LogP contribution is -2.23. The Hall–Kier alpha value is -2.47. The van der Waals surface area contributed by atoms with Crippen LogP contribution in [0.5, 0.6) is 0 Å². The van der Waals surface area contributed by atoms with Gasteiger partial charge < -0.3 is 14.4 Å². The van der Waals surface area contributed by atoms with Crippen LogP contribution in [-0.2, 0) is 13.0 Å². The van der Waals surface area contributed by atoms with Crippen molar-refractivity contribution in [1.82, 2.24) is 20.0 Å². The largest absolute Gasteiger partial charge is 0.361 e. The number of nitrogens with one attached hydrogen (secondary N) is 1. The number of nitrogens with zero attached hydrogens (tertiary/aromatic N) is 3. The first-order valence-corrected chi connectivity index (χ1v) is 7.63. The number of H-pyrrole nitrogens is 1. The SMILES string of the molecule is Cc1noc(C)c1CN(C)CCc1nc2ccccc2c(=O)[nH]1. The summed E-state index contributed by atoms with van der Waals surface area (Å²) in [6.07, 6.45) is 0.681. The third-order valence-electron chi connectivity index (χ3n) is 4.00. The standard InChI is InChI=1S/C17H20N4O2/c1-11-14(12(2)23-20-11)10-21(3)9-8-16-18-15-7-5-4-6-13(15)17(22)19-16/h4-7H,8-10H2,1-3H3,(H,18,19,22). The Morgan fingerprint density at radius 2 is 2.04 bits per heavy atom. The number of aromatic nitrogens is 3. The molecule has 0 aliphatic carbocycles. The van der Waals surface area contributed by atoms with Crippen LogP contribution in [0.25, 0.3) is 10.9 Å². The summed E-state index contributed by atoms with van der Waals surface area (Å²) in [7, 11) is 2.03. The van der Waals surface area contributed by atoms with Gasteiger partial charge in [-0.2, -0.15) is 0 Å². The monoisotopic (exact) mass is 312 g/mol. The Kier molecular flexibility index (Phi) is 4.25. The van der Waals surface area contributed by atoms with Gasteiger partial charge in [0.2, 0.25) is 0 Å². The van der Waals surface area contributed by atoms with Crippen molar-refractivity contribution in [3.05, 3.63) is 57.5 Å². The van der Waals surface area contributed by atoms with E-state index in [0.29, 0.717) is 17.6 Å². The highest BCUT2D eigenvalue weighted by Gasteiger charge is 2.12. The van der Waals surface area contributed by atoms with Gasteiger partial charge in [-0.05, 0) is 33.0 Å². The van der Waals surface area contributed by atoms with Crippen molar-refractivity contribution in [3.8, 4) is 0 Å². The van der Waals surface area contributed by atoms with Crippen molar-refractivity contribution < 1.29 is 4.52 Å². The average molecular weight is 312 g/mol. The fraction of sp³-hybridized carbons (Fsp3) is 0.353. The van der Waals surface area contributed by atoms with Crippen molar-refractivity contribution in [2.75, 3.05) is 13.6 Å². The summed E-state index contributed by atoms with van der Waals surface area (Å²) in [4.78, 5) is 21.6.